The molecule has 7 nitrogen and oxygen atoms in total. The summed E-state index contributed by atoms with van der Waals surface area (Å²) >= 11 is 1.01. The van der Waals surface area contributed by atoms with Crippen LogP contribution in [0.2, 0.25) is 0 Å². The SMILES string of the molecule is NC(=O)Nc1sc(NC(=O)Cc2ccc(-c3ccccc3)cc2)cc1C(N)=O. The average molecular weight is 394 g/mol. The van der Waals surface area contributed by atoms with Crippen molar-refractivity contribution in [1.82, 2.24) is 0 Å². The summed E-state index contributed by atoms with van der Waals surface area (Å²) in [5, 5.41) is 5.62. The molecular formula is C20H18N4O3S. The molecule has 0 radical (unpaired) electrons. The van der Waals surface area contributed by atoms with Crippen LogP contribution in [0, 0.1) is 0 Å². The Morgan fingerprint density at radius 2 is 1.50 bits per heavy atom. The number of urea groups is 1. The van der Waals surface area contributed by atoms with E-state index in [0.717, 1.165) is 28.0 Å². The molecule has 0 aliphatic rings. The molecule has 1 aromatic heterocycles. The van der Waals surface area contributed by atoms with Crippen molar-refractivity contribution in [2.75, 3.05) is 10.6 Å². The molecule has 8 heteroatoms. The molecule has 0 aliphatic carbocycles. The second kappa shape index (κ2) is 8.36. The molecule has 0 bridgehead atoms. The van der Waals surface area contributed by atoms with E-state index in [-0.39, 0.29) is 22.9 Å². The smallest absolute Gasteiger partial charge is 0.317 e. The molecule has 0 spiro atoms. The third-order valence-corrected chi connectivity index (χ3v) is 4.89. The minimum atomic E-state index is -0.819. The highest BCUT2D eigenvalue weighted by Gasteiger charge is 2.16. The predicted molar refractivity (Wildman–Crippen MR) is 110 cm³/mol. The summed E-state index contributed by atoms with van der Waals surface area (Å²) in [6.07, 6.45) is 0.164. The van der Waals surface area contributed by atoms with Crippen LogP contribution in [0.15, 0.2) is 60.7 Å². The van der Waals surface area contributed by atoms with E-state index in [1.54, 1.807) is 0 Å². The normalized spacial score (nSPS) is 10.3. The van der Waals surface area contributed by atoms with Crippen molar-refractivity contribution in [3.8, 4) is 11.1 Å². The molecule has 0 saturated heterocycles. The molecule has 1 heterocycles. The molecule has 3 aromatic rings. The first kappa shape index (κ1) is 19.1. The van der Waals surface area contributed by atoms with Gasteiger partial charge in [-0.05, 0) is 22.8 Å². The summed E-state index contributed by atoms with van der Waals surface area (Å²) in [7, 11) is 0. The van der Waals surface area contributed by atoms with Gasteiger partial charge >= 0.3 is 6.03 Å². The van der Waals surface area contributed by atoms with Crippen LogP contribution in [-0.2, 0) is 11.2 Å². The largest absolute Gasteiger partial charge is 0.366 e. The van der Waals surface area contributed by atoms with Gasteiger partial charge in [-0.2, -0.15) is 0 Å². The van der Waals surface area contributed by atoms with E-state index >= 15 is 0 Å². The molecule has 0 aliphatic heterocycles. The second-order valence-corrected chi connectivity index (χ2v) is 7.05. The standard InChI is InChI=1S/C20H18N4O3S/c21-18(26)15-11-17(28-19(15)24-20(22)27)23-16(25)10-12-6-8-14(9-7-12)13-4-2-1-3-5-13/h1-9,11H,10H2,(H2,21,26)(H,23,25)(H3,22,24,27). The van der Waals surface area contributed by atoms with E-state index in [2.05, 4.69) is 10.6 Å². The second-order valence-electron chi connectivity index (χ2n) is 5.99. The zero-order valence-corrected chi connectivity index (χ0v) is 15.6. The van der Waals surface area contributed by atoms with E-state index in [1.165, 1.54) is 6.07 Å². The Bertz CT molecular complexity index is 1010. The number of nitrogens with two attached hydrogens (primary N) is 2. The maximum Gasteiger partial charge on any atom is 0.317 e. The minimum absolute atomic E-state index is 0.0892. The number of nitrogens with one attached hydrogen (secondary N) is 2. The maximum absolute atomic E-state index is 12.3. The third-order valence-electron chi connectivity index (χ3n) is 3.92. The Labute approximate surface area is 165 Å². The van der Waals surface area contributed by atoms with Crippen LogP contribution in [0.3, 0.4) is 0 Å². The molecular weight excluding hydrogens is 376 g/mol. The maximum atomic E-state index is 12.3. The number of anilines is 2. The number of carbonyl (C=O) groups is 3. The van der Waals surface area contributed by atoms with E-state index in [9.17, 15) is 14.4 Å². The molecule has 28 heavy (non-hydrogen) atoms. The topological polar surface area (TPSA) is 127 Å². The highest BCUT2D eigenvalue weighted by molar-refractivity contribution is 7.20. The highest BCUT2D eigenvalue weighted by Crippen LogP contribution is 2.32. The van der Waals surface area contributed by atoms with Gasteiger partial charge in [-0.15, -0.1) is 0 Å². The van der Waals surface area contributed by atoms with Crippen LogP contribution in [0.25, 0.3) is 11.1 Å². The number of benzene rings is 2. The van der Waals surface area contributed by atoms with Gasteiger partial charge in [0.15, 0.2) is 0 Å². The van der Waals surface area contributed by atoms with Crippen LogP contribution in [0.5, 0.6) is 0 Å². The van der Waals surface area contributed by atoms with Crippen LogP contribution >= 0.6 is 11.3 Å². The molecule has 3 rings (SSSR count). The highest BCUT2D eigenvalue weighted by atomic mass is 32.1. The van der Waals surface area contributed by atoms with Gasteiger partial charge in [0.05, 0.1) is 17.0 Å². The number of amides is 4. The van der Waals surface area contributed by atoms with E-state index in [1.807, 2.05) is 54.6 Å². The van der Waals surface area contributed by atoms with Crippen LogP contribution in [0.4, 0.5) is 14.8 Å². The molecule has 4 amide bonds. The van der Waals surface area contributed by atoms with Gasteiger partial charge in [-0.3, -0.25) is 14.9 Å². The monoisotopic (exact) mass is 394 g/mol. The molecule has 142 valence electrons. The molecule has 0 saturated carbocycles. The van der Waals surface area contributed by atoms with E-state index < -0.39 is 11.9 Å². The Hall–Kier alpha value is -3.65. The lowest BCUT2D eigenvalue weighted by Crippen LogP contribution is -2.21. The molecule has 0 unspecified atom stereocenters. The Balaban J connectivity index is 1.67. The van der Waals surface area contributed by atoms with E-state index in [4.69, 9.17) is 11.5 Å². The van der Waals surface area contributed by atoms with Crippen molar-refractivity contribution >= 4 is 39.2 Å². The summed E-state index contributed by atoms with van der Waals surface area (Å²) in [6, 6.07) is 18.2. The lowest BCUT2D eigenvalue weighted by molar-refractivity contribution is -0.115. The fourth-order valence-electron chi connectivity index (χ4n) is 2.65. The number of primary amides is 2. The third kappa shape index (κ3) is 4.74. The zero-order chi connectivity index (χ0) is 20.1. The zero-order valence-electron chi connectivity index (χ0n) is 14.8. The lowest BCUT2D eigenvalue weighted by atomic mass is 10.0. The summed E-state index contributed by atoms with van der Waals surface area (Å²) < 4.78 is 0. The van der Waals surface area contributed by atoms with Gasteiger partial charge in [0.1, 0.15) is 5.00 Å². The fourth-order valence-corrected chi connectivity index (χ4v) is 3.64. The first-order valence-corrected chi connectivity index (χ1v) is 9.18. The molecule has 2 aromatic carbocycles. The van der Waals surface area contributed by atoms with Crippen molar-refractivity contribution in [1.29, 1.82) is 0 Å². The number of thiophene rings is 1. The Morgan fingerprint density at radius 3 is 2.11 bits per heavy atom. The fraction of sp³-hybridized carbons (Fsp3) is 0.0500. The van der Waals surface area contributed by atoms with E-state index in [0.29, 0.717) is 5.00 Å². The Morgan fingerprint density at radius 1 is 0.857 bits per heavy atom. The number of carbonyl (C=O) groups excluding carboxylic acids is 3. The first-order chi connectivity index (χ1) is 13.4. The van der Waals surface area contributed by atoms with Crippen LogP contribution < -0.4 is 22.1 Å². The average Bonchev–Trinajstić information content (AvgIpc) is 3.04. The predicted octanol–water partition coefficient (Wildman–Crippen LogP) is 3.19. The quantitative estimate of drug-likeness (QED) is 0.512. The van der Waals surface area contributed by atoms with Crippen LogP contribution in [0.1, 0.15) is 15.9 Å². The Kier molecular flexibility index (Phi) is 5.71. The molecule has 6 N–H and O–H groups in total. The van der Waals surface area contributed by atoms with Crippen molar-refractivity contribution in [2.24, 2.45) is 11.5 Å². The number of rotatable bonds is 6. The number of hydrogen-bond acceptors (Lipinski definition) is 4. The van der Waals surface area contributed by atoms with Gasteiger partial charge in [-0.1, -0.05) is 65.9 Å². The van der Waals surface area contributed by atoms with Gasteiger partial charge < -0.3 is 16.8 Å². The summed E-state index contributed by atoms with van der Waals surface area (Å²) in [5.74, 6) is -0.979. The summed E-state index contributed by atoms with van der Waals surface area (Å²) in [6.45, 7) is 0. The van der Waals surface area contributed by atoms with Gasteiger partial charge in [0.2, 0.25) is 5.91 Å². The van der Waals surface area contributed by atoms with Gasteiger partial charge in [0.25, 0.3) is 5.91 Å². The van der Waals surface area contributed by atoms with Gasteiger partial charge in [-0.25, -0.2) is 4.79 Å². The lowest BCUT2D eigenvalue weighted by Gasteiger charge is -2.05. The number of hydrogen-bond donors (Lipinski definition) is 4. The van der Waals surface area contributed by atoms with Crippen molar-refractivity contribution < 1.29 is 14.4 Å². The molecule has 0 fully saturated rings. The summed E-state index contributed by atoms with van der Waals surface area (Å²) in [4.78, 5) is 34.8. The van der Waals surface area contributed by atoms with Crippen LogP contribution in [-0.4, -0.2) is 17.8 Å². The van der Waals surface area contributed by atoms with Gasteiger partial charge in [0, 0.05) is 0 Å². The van der Waals surface area contributed by atoms with Crippen molar-refractivity contribution in [2.45, 2.75) is 6.42 Å². The molecule has 0 atom stereocenters. The summed E-state index contributed by atoms with van der Waals surface area (Å²) in [5.41, 5.74) is 13.5. The minimum Gasteiger partial charge on any atom is -0.366 e. The van der Waals surface area contributed by atoms with Crippen molar-refractivity contribution in [3.63, 3.8) is 0 Å². The first-order valence-electron chi connectivity index (χ1n) is 8.36. The van der Waals surface area contributed by atoms with Crippen molar-refractivity contribution in [3.05, 3.63) is 71.8 Å².